The number of carbonyl (C=O) groups is 1. The SMILES string of the molecule is CCN(C)C(=O)CN[C@H](C)c1ccc(Br)cc1F. The van der Waals surface area contributed by atoms with Gasteiger partial charge in [-0.05, 0) is 26.0 Å². The molecule has 0 aromatic heterocycles. The quantitative estimate of drug-likeness (QED) is 0.906. The van der Waals surface area contributed by atoms with E-state index in [0.717, 1.165) is 0 Å². The van der Waals surface area contributed by atoms with E-state index >= 15 is 0 Å². The van der Waals surface area contributed by atoms with Crippen molar-refractivity contribution >= 4 is 21.8 Å². The number of hydrogen-bond donors (Lipinski definition) is 1. The molecule has 18 heavy (non-hydrogen) atoms. The second-order valence-corrected chi connectivity index (χ2v) is 5.09. The molecular formula is C13H18BrFN2O. The molecule has 0 aliphatic heterocycles. The maximum absolute atomic E-state index is 13.7. The summed E-state index contributed by atoms with van der Waals surface area (Å²) in [4.78, 5) is 13.2. The molecule has 100 valence electrons. The molecule has 1 rings (SSSR count). The van der Waals surface area contributed by atoms with Crippen molar-refractivity contribution in [3.05, 3.63) is 34.1 Å². The molecule has 0 spiro atoms. The minimum absolute atomic E-state index is 0.00173. The van der Waals surface area contributed by atoms with Crippen molar-refractivity contribution in [2.75, 3.05) is 20.1 Å². The molecule has 0 heterocycles. The Morgan fingerprint density at radius 3 is 2.78 bits per heavy atom. The molecule has 5 heteroatoms. The molecule has 0 radical (unpaired) electrons. The fourth-order valence-corrected chi connectivity index (χ4v) is 1.85. The lowest BCUT2D eigenvalue weighted by Gasteiger charge is -2.18. The second-order valence-electron chi connectivity index (χ2n) is 4.18. The summed E-state index contributed by atoms with van der Waals surface area (Å²) in [6, 6.07) is 4.72. The maximum Gasteiger partial charge on any atom is 0.236 e. The standard InChI is InChI=1S/C13H18BrFN2O/c1-4-17(3)13(18)8-16-9(2)11-6-5-10(14)7-12(11)15/h5-7,9,16H,4,8H2,1-3H3/t9-/m1/s1. The van der Waals surface area contributed by atoms with E-state index in [-0.39, 0.29) is 24.3 Å². The van der Waals surface area contributed by atoms with Crippen LogP contribution in [0.3, 0.4) is 0 Å². The minimum atomic E-state index is -0.277. The smallest absolute Gasteiger partial charge is 0.236 e. The van der Waals surface area contributed by atoms with Crippen LogP contribution in [0.25, 0.3) is 0 Å². The number of rotatable bonds is 5. The summed E-state index contributed by atoms with van der Waals surface area (Å²) in [5, 5.41) is 3.03. The van der Waals surface area contributed by atoms with Gasteiger partial charge in [0.25, 0.3) is 0 Å². The number of carbonyl (C=O) groups excluding carboxylic acids is 1. The number of likely N-dealkylation sites (N-methyl/N-ethyl adjacent to an activating group) is 1. The van der Waals surface area contributed by atoms with E-state index in [1.54, 1.807) is 24.1 Å². The highest BCUT2D eigenvalue weighted by Crippen LogP contribution is 2.20. The van der Waals surface area contributed by atoms with Gasteiger partial charge < -0.3 is 10.2 Å². The normalized spacial score (nSPS) is 12.3. The Labute approximate surface area is 115 Å². The Balaban J connectivity index is 2.60. The molecule has 1 N–H and O–H groups in total. The van der Waals surface area contributed by atoms with Crippen molar-refractivity contribution in [2.24, 2.45) is 0 Å². The average Bonchev–Trinajstić information content (AvgIpc) is 2.34. The molecule has 1 aromatic carbocycles. The summed E-state index contributed by atoms with van der Waals surface area (Å²) in [7, 11) is 1.74. The van der Waals surface area contributed by atoms with E-state index in [9.17, 15) is 9.18 Å². The van der Waals surface area contributed by atoms with Gasteiger partial charge in [-0.3, -0.25) is 4.79 Å². The monoisotopic (exact) mass is 316 g/mol. The highest BCUT2D eigenvalue weighted by molar-refractivity contribution is 9.10. The van der Waals surface area contributed by atoms with E-state index in [1.807, 2.05) is 13.8 Å². The summed E-state index contributed by atoms with van der Waals surface area (Å²) in [5.41, 5.74) is 0.560. The zero-order valence-corrected chi connectivity index (χ0v) is 12.4. The largest absolute Gasteiger partial charge is 0.345 e. The topological polar surface area (TPSA) is 32.3 Å². The van der Waals surface area contributed by atoms with Crippen molar-refractivity contribution in [1.82, 2.24) is 10.2 Å². The number of benzene rings is 1. The van der Waals surface area contributed by atoms with E-state index in [2.05, 4.69) is 21.2 Å². The molecule has 0 bridgehead atoms. The second kappa shape index (κ2) is 6.85. The average molecular weight is 317 g/mol. The zero-order valence-electron chi connectivity index (χ0n) is 10.8. The summed E-state index contributed by atoms with van der Waals surface area (Å²) in [5.74, 6) is -0.275. The van der Waals surface area contributed by atoms with Gasteiger partial charge in [0.05, 0.1) is 6.54 Å². The number of hydrogen-bond acceptors (Lipinski definition) is 2. The van der Waals surface area contributed by atoms with Crippen LogP contribution >= 0.6 is 15.9 Å². The van der Waals surface area contributed by atoms with Crippen molar-refractivity contribution in [3.63, 3.8) is 0 Å². The molecule has 1 atom stereocenters. The first-order chi connectivity index (χ1) is 8.45. The van der Waals surface area contributed by atoms with Crippen molar-refractivity contribution in [2.45, 2.75) is 19.9 Å². The van der Waals surface area contributed by atoms with Crippen molar-refractivity contribution in [3.8, 4) is 0 Å². The Morgan fingerprint density at radius 2 is 2.22 bits per heavy atom. The van der Waals surface area contributed by atoms with Crippen LogP contribution in [0.1, 0.15) is 25.5 Å². The molecule has 0 unspecified atom stereocenters. The first-order valence-electron chi connectivity index (χ1n) is 5.88. The van der Waals surface area contributed by atoms with Gasteiger partial charge in [-0.2, -0.15) is 0 Å². The van der Waals surface area contributed by atoms with Crippen molar-refractivity contribution in [1.29, 1.82) is 0 Å². The van der Waals surface area contributed by atoms with Crippen LogP contribution in [0.15, 0.2) is 22.7 Å². The molecule has 1 aromatic rings. The lowest BCUT2D eigenvalue weighted by atomic mass is 10.1. The molecular weight excluding hydrogens is 299 g/mol. The van der Waals surface area contributed by atoms with Gasteiger partial charge in [0.15, 0.2) is 0 Å². The number of nitrogens with one attached hydrogen (secondary N) is 1. The molecule has 0 fully saturated rings. The molecule has 3 nitrogen and oxygen atoms in total. The maximum atomic E-state index is 13.7. The predicted octanol–water partition coefficient (Wildman–Crippen LogP) is 2.72. The summed E-state index contributed by atoms with van der Waals surface area (Å²) < 4.78 is 14.4. The van der Waals surface area contributed by atoms with Crippen LogP contribution in [0.5, 0.6) is 0 Å². The van der Waals surface area contributed by atoms with Gasteiger partial charge in [-0.15, -0.1) is 0 Å². The van der Waals surface area contributed by atoms with Gasteiger partial charge in [-0.25, -0.2) is 4.39 Å². The first kappa shape index (κ1) is 15.1. The van der Waals surface area contributed by atoms with Crippen LogP contribution < -0.4 is 5.32 Å². The summed E-state index contributed by atoms with van der Waals surface area (Å²) in [6.07, 6.45) is 0. The van der Waals surface area contributed by atoms with Crippen molar-refractivity contribution < 1.29 is 9.18 Å². The predicted molar refractivity (Wildman–Crippen MR) is 73.8 cm³/mol. The van der Waals surface area contributed by atoms with Gasteiger partial charge in [0, 0.05) is 29.7 Å². The highest BCUT2D eigenvalue weighted by atomic mass is 79.9. The van der Waals surface area contributed by atoms with Gasteiger partial charge in [0.2, 0.25) is 5.91 Å². The lowest BCUT2D eigenvalue weighted by molar-refractivity contribution is -0.128. The third-order valence-electron chi connectivity index (χ3n) is 2.89. The summed E-state index contributed by atoms with van der Waals surface area (Å²) >= 11 is 3.21. The van der Waals surface area contributed by atoms with Crippen LogP contribution in [-0.4, -0.2) is 30.9 Å². The number of halogens is 2. The first-order valence-corrected chi connectivity index (χ1v) is 6.67. The Hall–Kier alpha value is -0.940. The molecule has 0 aliphatic carbocycles. The van der Waals surface area contributed by atoms with Crippen LogP contribution in [0, 0.1) is 5.82 Å². The van der Waals surface area contributed by atoms with E-state index in [1.165, 1.54) is 6.07 Å². The van der Waals surface area contributed by atoms with Crippen LogP contribution in [-0.2, 0) is 4.79 Å². The number of amides is 1. The summed E-state index contributed by atoms with van der Waals surface area (Å²) in [6.45, 7) is 4.63. The van der Waals surface area contributed by atoms with Gasteiger partial charge in [0.1, 0.15) is 5.82 Å². The Kier molecular flexibility index (Phi) is 5.75. The molecule has 1 amide bonds. The minimum Gasteiger partial charge on any atom is -0.345 e. The highest BCUT2D eigenvalue weighted by Gasteiger charge is 2.13. The Bertz CT molecular complexity index is 425. The van der Waals surface area contributed by atoms with Crippen LogP contribution in [0.2, 0.25) is 0 Å². The van der Waals surface area contributed by atoms with Gasteiger partial charge in [-0.1, -0.05) is 22.0 Å². The van der Waals surface area contributed by atoms with E-state index in [0.29, 0.717) is 16.6 Å². The van der Waals surface area contributed by atoms with E-state index in [4.69, 9.17) is 0 Å². The molecule has 0 saturated heterocycles. The van der Waals surface area contributed by atoms with E-state index < -0.39 is 0 Å². The fraction of sp³-hybridized carbons (Fsp3) is 0.462. The third-order valence-corrected chi connectivity index (χ3v) is 3.38. The number of nitrogens with zero attached hydrogens (tertiary/aromatic N) is 1. The zero-order chi connectivity index (χ0) is 13.7. The van der Waals surface area contributed by atoms with Gasteiger partial charge >= 0.3 is 0 Å². The molecule has 0 saturated carbocycles. The Morgan fingerprint density at radius 1 is 1.56 bits per heavy atom. The van der Waals surface area contributed by atoms with Crippen LogP contribution in [0.4, 0.5) is 4.39 Å². The fourth-order valence-electron chi connectivity index (χ4n) is 1.51. The lowest BCUT2D eigenvalue weighted by Crippen LogP contribution is -2.36. The molecule has 0 aliphatic rings. The third kappa shape index (κ3) is 4.07.